The standard InChI is InChI=1S/C17H35NO6/c1-17(2,3)24-16(20)18-8-6-4-5-7-10-21-12-14-23-15-13-22-11-9-19/h19H,4-15H2,1-3H3,(H,18,20). The minimum Gasteiger partial charge on any atom is -0.444 e. The molecule has 0 fully saturated rings. The Labute approximate surface area is 146 Å². The Bertz CT molecular complexity index is 293. The smallest absolute Gasteiger partial charge is 0.407 e. The Morgan fingerprint density at radius 2 is 1.38 bits per heavy atom. The zero-order valence-corrected chi connectivity index (χ0v) is 15.5. The topological polar surface area (TPSA) is 86.3 Å². The number of carbonyl (C=O) groups is 1. The van der Waals surface area contributed by atoms with Gasteiger partial charge in [0, 0.05) is 13.2 Å². The summed E-state index contributed by atoms with van der Waals surface area (Å²) in [7, 11) is 0. The van der Waals surface area contributed by atoms with Crippen LogP contribution >= 0.6 is 0 Å². The lowest BCUT2D eigenvalue weighted by Gasteiger charge is -2.19. The second kappa shape index (κ2) is 15.6. The van der Waals surface area contributed by atoms with Crippen LogP contribution in [0.4, 0.5) is 4.79 Å². The van der Waals surface area contributed by atoms with E-state index in [0.717, 1.165) is 32.3 Å². The zero-order chi connectivity index (χ0) is 18.1. The van der Waals surface area contributed by atoms with E-state index in [2.05, 4.69) is 5.32 Å². The highest BCUT2D eigenvalue weighted by atomic mass is 16.6. The van der Waals surface area contributed by atoms with Gasteiger partial charge in [0.05, 0.1) is 39.6 Å². The van der Waals surface area contributed by atoms with Crippen molar-refractivity contribution < 1.29 is 28.8 Å². The number of aliphatic hydroxyl groups is 1. The number of unbranched alkanes of at least 4 members (excludes halogenated alkanes) is 3. The van der Waals surface area contributed by atoms with Crippen LogP contribution in [0.3, 0.4) is 0 Å². The number of hydrogen-bond acceptors (Lipinski definition) is 6. The molecule has 0 radical (unpaired) electrons. The van der Waals surface area contributed by atoms with E-state index in [4.69, 9.17) is 24.1 Å². The van der Waals surface area contributed by atoms with Crippen molar-refractivity contribution in [3.63, 3.8) is 0 Å². The molecule has 7 nitrogen and oxygen atoms in total. The van der Waals surface area contributed by atoms with Crippen molar-refractivity contribution in [3.05, 3.63) is 0 Å². The number of amides is 1. The number of rotatable bonds is 15. The van der Waals surface area contributed by atoms with Gasteiger partial charge in [-0.15, -0.1) is 0 Å². The lowest BCUT2D eigenvalue weighted by Crippen LogP contribution is -2.32. The van der Waals surface area contributed by atoms with Crippen LogP contribution in [0, 0.1) is 0 Å². The molecule has 1 amide bonds. The Morgan fingerprint density at radius 3 is 1.96 bits per heavy atom. The van der Waals surface area contributed by atoms with E-state index in [1.54, 1.807) is 0 Å². The average molecular weight is 349 g/mol. The van der Waals surface area contributed by atoms with Crippen LogP contribution in [0.2, 0.25) is 0 Å². The van der Waals surface area contributed by atoms with Crippen LogP contribution in [-0.2, 0) is 18.9 Å². The van der Waals surface area contributed by atoms with E-state index >= 15 is 0 Å². The molecule has 0 aliphatic carbocycles. The molecule has 0 aromatic carbocycles. The SMILES string of the molecule is CC(C)(C)OC(=O)NCCCCCCOCCOCCOCCO. The molecule has 0 heterocycles. The summed E-state index contributed by atoms with van der Waals surface area (Å²) in [6, 6.07) is 0. The van der Waals surface area contributed by atoms with Crippen molar-refractivity contribution in [2.45, 2.75) is 52.1 Å². The number of carbonyl (C=O) groups excluding carboxylic acids is 1. The van der Waals surface area contributed by atoms with Gasteiger partial charge >= 0.3 is 6.09 Å². The fourth-order valence-corrected chi connectivity index (χ4v) is 1.79. The molecular formula is C17H35NO6. The lowest BCUT2D eigenvalue weighted by molar-refractivity contribution is 0.00719. The van der Waals surface area contributed by atoms with Gasteiger partial charge in [-0.2, -0.15) is 0 Å². The van der Waals surface area contributed by atoms with Crippen molar-refractivity contribution in [2.24, 2.45) is 0 Å². The Hall–Kier alpha value is -0.890. The molecular weight excluding hydrogens is 314 g/mol. The predicted molar refractivity (Wildman–Crippen MR) is 92.2 cm³/mol. The fraction of sp³-hybridized carbons (Fsp3) is 0.941. The first kappa shape index (κ1) is 23.1. The van der Waals surface area contributed by atoms with Crippen LogP contribution in [-0.4, -0.2) is 69.6 Å². The molecule has 7 heteroatoms. The minimum absolute atomic E-state index is 0.0418. The summed E-state index contributed by atoms with van der Waals surface area (Å²) in [5, 5.41) is 11.3. The first-order valence-electron chi connectivity index (χ1n) is 8.76. The highest BCUT2D eigenvalue weighted by molar-refractivity contribution is 5.67. The van der Waals surface area contributed by atoms with Gasteiger partial charge in [0.25, 0.3) is 0 Å². The molecule has 0 aliphatic rings. The van der Waals surface area contributed by atoms with Gasteiger partial charge in [0.2, 0.25) is 0 Å². The number of aliphatic hydroxyl groups excluding tert-OH is 1. The Kier molecular flexibility index (Phi) is 15.0. The first-order valence-corrected chi connectivity index (χ1v) is 8.76. The summed E-state index contributed by atoms with van der Waals surface area (Å²) in [5.74, 6) is 0. The summed E-state index contributed by atoms with van der Waals surface area (Å²) < 4.78 is 21.0. The van der Waals surface area contributed by atoms with Gasteiger partial charge in [-0.25, -0.2) is 4.79 Å². The van der Waals surface area contributed by atoms with E-state index in [-0.39, 0.29) is 12.7 Å². The van der Waals surface area contributed by atoms with E-state index in [9.17, 15) is 4.79 Å². The molecule has 144 valence electrons. The second-order valence-corrected chi connectivity index (χ2v) is 6.40. The summed E-state index contributed by atoms with van der Waals surface area (Å²) in [4.78, 5) is 11.4. The molecule has 0 bridgehead atoms. The highest BCUT2D eigenvalue weighted by Crippen LogP contribution is 2.06. The van der Waals surface area contributed by atoms with Gasteiger partial charge in [-0.3, -0.25) is 0 Å². The number of ether oxygens (including phenoxy) is 4. The van der Waals surface area contributed by atoms with Crippen LogP contribution in [0.1, 0.15) is 46.5 Å². The van der Waals surface area contributed by atoms with Crippen molar-refractivity contribution in [1.82, 2.24) is 5.32 Å². The number of alkyl carbamates (subject to hydrolysis) is 1. The third-order valence-electron chi connectivity index (χ3n) is 2.86. The van der Waals surface area contributed by atoms with Gasteiger partial charge in [0.15, 0.2) is 0 Å². The van der Waals surface area contributed by atoms with Crippen molar-refractivity contribution in [2.75, 3.05) is 52.8 Å². The molecule has 0 saturated carbocycles. The van der Waals surface area contributed by atoms with E-state index in [0.29, 0.717) is 39.6 Å². The maximum atomic E-state index is 11.4. The normalized spacial score (nSPS) is 11.5. The third-order valence-corrected chi connectivity index (χ3v) is 2.86. The quantitative estimate of drug-likeness (QED) is 0.440. The minimum atomic E-state index is -0.447. The van der Waals surface area contributed by atoms with Crippen molar-refractivity contribution in [1.29, 1.82) is 0 Å². The molecule has 0 atom stereocenters. The zero-order valence-electron chi connectivity index (χ0n) is 15.5. The molecule has 0 rings (SSSR count). The Morgan fingerprint density at radius 1 is 0.833 bits per heavy atom. The third kappa shape index (κ3) is 19.2. The van der Waals surface area contributed by atoms with Crippen molar-refractivity contribution in [3.8, 4) is 0 Å². The maximum Gasteiger partial charge on any atom is 0.407 e. The largest absolute Gasteiger partial charge is 0.444 e. The molecule has 0 saturated heterocycles. The summed E-state index contributed by atoms with van der Waals surface area (Å²) in [6.07, 6.45) is 3.72. The number of hydrogen-bond donors (Lipinski definition) is 2. The number of nitrogens with one attached hydrogen (secondary N) is 1. The maximum absolute atomic E-state index is 11.4. The highest BCUT2D eigenvalue weighted by Gasteiger charge is 2.15. The van der Waals surface area contributed by atoms with Crippen LogP contribution in [0.5, 0.6) is 0 Å². The summed E-state index contributed by atoms with van der Waals surface area (Å²) in [5.41, 5.74) is -0.447. The van der Waals surface area contributed by atoms with Gasteiger partial charge < -0.3 is 29.4 Å². The van der Waals surface area contributed by atoms with Gasteiger partial charge in [0.1, 0.15) is 5.60 Å². The molecule has 2 N–H and O–H groups in total. The summed E-state index contributed by atoms with van der Waals surface area (Å²) in [6.45, 7) is 9.47. The van der Waals surface area contributed by atoms with Crippen LogP contribution in [0.25, 0.3) is 0 Å². The molecule has 0 aromatic rings. The molecule has 0 aliphatic heterocycles. The lowest BCUT2D eigenvalue weighted by atomic mass is 10.2. The van der Waals surface area contributed by atoms with E-state index in [1.165, 1.54) is 0 Å². The van der Waals surface area contributed by atoms with Crippen LogP contribution < -0.4 is 5.32 Å². The van der Waals surface area contributed by atoms with Crippen molar-refractivity contribution >= 4 is 6.09 Å². The molecule has 0 aromatic heterocycles. The van der Waals surface area contributed by atoms with E-state index < -0.39 is 5.60 Å². The molecule has 24 heavy (non-hydrogen) atoms. The van der Waals surface area contributed by atoms with Crippen LogP contribution in [0.15, 0.2) is 0 Å². The second-order valence-electron chi connectivity index (χ2n) is 6.40. The summed E-state index contributed by atoms with van der Waals surface area (Å²) >= 11 is 0. The van der Waals surface area contributed by atoms with Gasteiger partial charge in [-0.05, 0) is 33.6 Å². The fourth-order valence-electron chi connectivity index (χ4n) is 1.79. The Balaban J connectivity index is 3.14. The molecule has 0 spiro atoms. The first-order chi connectivity index (χ1) is 11.5. The molecule has 0 unspecified atom stereocenters. The van der Waals surface area contributed by atoms with Gasteiger partial charge in [-0.1, -0.05) is 12.8 Å². The predicted octanol–water partition coefficient (Wildman–Crippen LogP) is 2.11. The van der Waals surface area contributed by atoms with E-state index in [1.807, 2.05) is 20.8 Å². The monoisotopic (exact) mass is 349 g/mol. The average Bonchev–Trinajstić information content (AvgIpc) is 2.49.